The summed E-state index contributed by atoms with van der Waals surface area (Å²) in [5, 5.41) is 16.5. The van der Waals surface area contributed by atoms with E-state index in [9.17, 15) is 9.59 Å². The summed E-state index contributed by atoms with van der Waals surface area (Å²) in [5.41, 5.74) is 0.188. The highest BCUT2D eigenvalue weighted by Gasteiger charge is 2.12. The van der Waals surface area contributed by atoms with E-state index in [4.69, 9.17) is 0 Å². The molecule has 0 aliphatic rings. The Labute approximate surface area is 147 Å². The highest BCUT2D eigenvalue weighted by atomic mass is 32.1. The average Bonchev–Trinajstić information content (AvgIpc) is 3.18. The van der Waals surface area contributed by atoms with Gasteiger partial charge in [-0.15, -0.1) is 10.2 Å². The fourth-order valence-corrected chi connectivity index (χ4v) is 3.22. The number of fused-ring (bicyclic) bond motifs is 1. The van der Waals surface area contributed by atoms with Gasteiger partial charge in [-0.05, 0) is 6.42 Å². The van der Waals surface area contributed by atoms with Gasteiger partial charge < -0.3 is 0 Å². The summed E-state index contributed by atoms with van der Waals surface area (Å²) in [5.74, 6) is -0.344. The number of amides is 1. The largest absolute Gasteiger partial charge is 0.299 e. The van der Waals surface area contributed by atoms with Crippen LogP contribution in [0.3, 0.4) is 0 Å². The van der Waals surface area contributed by atoms with Crippen LogP contribution in [0.15, 0.2) is 17.3 Å². The van der Waals surface area contributed by atoms with Crippen molar-refractivity contribution >= 4 is 33.4 Å². The standard InChI is InChI=1S/C15H19N7O2S/c1-3-4-5-6-12-19-20-15(25-12)18-11(23)8-22-9-16-13-10(14(22)24)7-17-21(13)2/h7,9H,3-6,8H2,1-2H3,(H,18,20,23). The first-order chi connectivity index (χ1) is 12.1. The maximum atomic E-state index is 12.3. The van der Waals surface area contributed by atoms with Crippen LogP contribution >= 0.6 is 11.3 Å². The molecule has 3 aromatic rings. The maximum Gasteiger partial charge on any atom is 0.264 e. The molecule has 9 nitrogen and oxygen atoms in total. The highest BCUT2D eigenvalue weighted by molar-refractivity contribution is 7.15. The number of hydrogen-bond acceptors (Lipinski definition) is 7. The van der Waals surface area contributed by atoms with Crippen molar-refractivity contribution in [3.05, 3.63) is 27.9 Å². The monoisotopic (exact) mass is 361 g/mol. The molecule has 0 radical (unpaired) electrons. The molecule has 3 heterocycles. The SMILES string of the molecule is CCCCCc1nnc(NC(=O)Cn2cnc3c(cnn3C)c2=O)s1. The van der Waals surface area contributed by atoms with Crippen molar-refractivity contribution in [2.75, 3.05) is 5.32 Å². The van der Waals surface area contributed by atoms with Crippen molar-refractivity contribution in [2.45, 2.75) is 39.2 Å². The minimum Gasteiger partial charge on any atom is -0.299 e. The molecule has 1 N–H and O–H groups in total. The number of nitrogens with one attached hydrogen (secondary N) is 1. The number of hydrogen-bond donors (Lipinski definition) is 1. The lowest BCUT2D eigenvalue weighted by atomic mass is 10.2. The zero-order chi connectivity index (χ0) is 17.8. The van der Waals surface area contributed by atoms with Gasteiger partial charge in [0.2, 0.25) is 11.0 Å². The Balaban J connectivity index is 1.65. The molecule has 0 saturated carbocycles. The third-order valence-corrected chi connectivity index (χ3v) is 4.64. The normalized spacial score (nSPS) is 11.1. The molecule has 0 unspecified atom stereocenters. The molecule has 0 bridgehead atoms. The predicted molar refractivity (Wildman–Crippen MR) is 94.5 cm³/mol. The smallest absolute Gasteiger partial charge is 0.264 e. The summed E-state index contributed by atoms with van der Waals surface area (Å²) >= 11 is 1.36. The molecule has 0 aliphatic heterocycles. The lowest BCUT2D eigenvalue weighted by Crippen LogP contribution is -2.27. The van der Waals surface area contributed by atoms with Crippen LogP contribution in [-0.4, -0.2) is 35.4 Å². The Bertz CT molecular complexity index is 943. The zero-order valence-electron chi connectivity index (χ0n) is 14.1. The van der Waals surface area contributed by atoms with Crippen LogP contribution in [0.4, 0.5) is 5.13 Å². The number of carbonyl (C=O) groups is 1. The van der Waals surface area contributed by atoms with Crippen LogP contribution in [0.2, 0.25) is 0 Å². The second-order valence-electron chi connectivity index (χ2n) is 5.69. The molecule has 0 aliphatic carbocycles. The van der Waals surface area contributed by atoms with E-state index in [0.29, 0.717) is 16.2 Å². The van der Waals surface area contributed by atoms with Crippen LogP contribution in [0.25, 0.3) is 11.0 Å². The van der Waals surface area contributed by atoms with E-state index in [1.165, 1.54) is 33.1 Å². The van der Waals surface area contributed by atoms with Gasteiger partial charge in [0.1, 0.15) is 23.3 Å². The molecule has 0 fully saturated rings. The topological polar surface area (TPSA) is 108 Å². The minimum absolute atomic E-state index is 0.137. The Morgan fingerprint density at radius 2 is 2.16 bits per heavy atom. The summed E-state index contributed by atoms with van der Waals surface area (Å²) in [6, 6.07) is 0. The Hall–Kier alpha value is -2.62. The van der Waals surface area contributed by atoms with E-state index >= 15 is 0 Å². The molecule has 132 valence electrons. The van der Waals surface area contributed by atoms with Gasteiger partial charge in [0.15, 0.2) is 5.65 Å². The van der Waals surface area contributed by atoms with Gasteiger partial charge in [0, 0.05) is 13.5 Å². The van der Waals surface area contributed by atoms with E-state index in [1.807, 2.05) is 0 Å². The number of carbonyl (C=O) groups excluding carboxylic acids is 1. The van der Waals surface area contributed by atoms with Crippen LogP contribution in [0.1, 0.15) is 31.2 Å². The van der Waals surface area contributed by atoms with E-state index in [-0.39, 0.29) is 18.0 Å². The molecule has 25 heavy (non-hydrogen) atoms. The van der Waals surface area contributed by atoms with Crippen molar-refractivity contribution in [2.24, 2.45) is 7.05 Å². The van der Waals surface area contributed by atoms with Crippen molar-refractivity contribution in [1.82, 2.24) is 29.5 Å². The first-order valence-corrected chi connectivity index (χ1v) is 8.89. The molecule has 0 atom stereocenters. The van der Waals surface area contributed by atoms with E-state index in [0.717, 1.165) is 30.7 Å². The molecule has 0 aromatic carbocycles. The zero-order valence-corrected chi connectivity index (χ0v) is 14.9. The van der Waals surface area contributed by atoms with Gasteiger partial charge in [-0.25, -0.2) is 4.98 Å². The quantitative estimate of drug-likeness (QED) is 0.637. The Morgan fingerprint density at radius 1 is 1.32 bits per heavy atom. The van der Waals surface area contributed by atoms with Crippen molar-refractivity contribution in [3.63, 3.8) is 0 Å². The lowest BCUT2D eigenvalue weighted by Gasteiger charge is -2.04. The van der Waals surface area contributed by atoms with E-state index in [2.05, 4.69) is 32.5 Å². The number of anilines is 1. The Kier molecular flexibility index (Phi) is 5.17. The molecule has 0 spiro atoms. The fourth-order valence-electron chi connectivity index (χ4n) is 2.42. The predicted octanol–water partition coefficient (Wildman–Crippen LogP) is 1.35. The summed E-state index contributed by atoms with van der Waals surface area (Å²) in [7, 11) is 1.71. The number of aromatic nitrogens is 6. The molecule has 3 rings (SSSR count). The maximum absolute atomic E-state index is 12.3. The molecular weight excluding hydrogens is 342 g/mol. The van der Waals surface area contributed by atoms with Crippen LogP contribution < -0.4 is 10.9 Å². The van der Waals surface area contributed by atoms with Crippen molar-refractivity contribution < 1.29 is 4.79 Å². The lowest BCUT2D eigenvalue weighted by molar-refractivity contribution is -0.116. The van der Waals surface area contributed by atoms with Gasteiger partial charge in [0.05, 0.1) is 6.20 Å². The van der Waals surface area contributed by atoms with Gasteiger partial charge in [0.25, 0.3) is 5.56 Å². The van der Waals surface area contributed by atoms with Gasteiger partial charge >= 0.3 is 0 Å². The van der Waals surface area contributed by atoms with Crippen LogP contribution in [0.5, 0.6) is 0 Å². The van der Waals surface area contributed by atoms with Crippen LogP contribution in [-0.2, 0) is 24.8 Å². The number of nitrogens with zero attached hydrogens (tertiary/aromatic N) is 6. The molecule has 1 amide bonds. The highest BCUT2D eigenvalue weighted by Crippen LogP contribution is 2.17. The second-order valence-corrected chi connectivity index (χ2v) is 6.75. The molecule has 0 saturated heterocycles. The summed E-state index contributed by atoms with van der Waals surface area (Å²) in [6.07, 6.45) is 7.02. The molecule has 3 aromatic heterocycles. The van der Waals surface area contributed by atoms with E-state index < -0.39 is 0 Å². The summed E-state index contributed by atoms with van der Waals surface area (Å²) < 4.78 is 2.77. The third kappa shape index (κ3) is 3.90. The first kappa shape index (κ1) is 17.2. The average molecular weight is 361 g/mol. The molecular formula is C15H19N7O2S. The van der Waals surface area contributed by atoms with E-state index in [1.54, 1.807) is 7.05 Å². The third-order valence-electron chi connectivity index (χ3n) is 3.74. The summed E-state index contributed by atoms with van der Waals surface area (Å²) in [4.78, 5) is 28.7. The first-order valence-electron chi connectivity index (χ1n) is 8.08. The van der Waals surface area contributed by atoms with Gasteiger partial charge in [-0.2, -0.15) is 5.10 Å². The van der Waals surface area contributed by atoms with Crippen molar-refractivity contribution in [1.29, 1.82) is 0 Å². The molecule has 10 heteroatoms. The van der Waals surface area contributed by atoms with Gasteiger partial charge in [-0.1, -0.05) is 31.1 Å². The Morgan fingerprint density at radius 3 is 2.96 bits per heavy atom. The summed E-state index contributed by atoms with van der Waals surface area (Å²) in [6.45, 7) is 2.01. The van der Waals surface area contributed by atoms with Crippen molar-refractivity contribution in [3.8, 4) is 0 Å². The minimum atomic E-state index is -0.344. The number of unbranched alkanes of at least 4 members (excludes halogenated alkanes) is 2. The fraction of sp³-hybridized carbons (Fsp3) is 0.467. The van der Waals surface area contributed by atoms with Crippen LogP contribution in [0, 0.1) is 0 Å². The number of aryl methyl sites for hydroxylation is 2. The number of rotatable bonds is 7. The van der Waals surface area contributed by atoms with Gasteiger partial charge in [-0.3, -0.25) is 24.2 Å². The second kappa shape index (κ2) is 7.51.